The molecule has 1 atom stereocenters. The number of aromatic nitrogens is 2. The average Bonchev–Trinajstić information content (AvgIpc) is 3.42. The molecule has 3 aromatic carbocycles. The Kier molecular flexibility index (Phi) is 5.80. The lowest BCUT2D eigenvalue weighted by Crippen LogP contribution is -2.31. The van der Waals surface area contributed by atoms with E-state index in [4.69, 9.17) is 9.47 Å². The number of carbonyl (C=O) groups excluding carboxylic acids is 1. The SMILES string of the molecule is COc1ccc(CCN2C(=O)c3[nH]nc(-c4ccc(C)cc4)c3C2c2ccccc2)cc1OC. The monoisotopic (exact) mass is 453 g/mol. The van der Waals surface area contributed by atoms with Crippen LogP contribution in [0.4, 0.5) is 0 Å². The topological polar surface area (TPSA) is 67.5 Å². The maximum Gasteiger partial charge on any atom is 0.273 e. The van der Waals surface area contributed by atoms with Crippen LogP contribution in [0.1, 0.15) is 38.8 Å². The number of amides is 1. The second-order valence-electron chi connectivity index (χ2n) is 8.48. The molecular formula is C28H27N3O3. The molecule has 1 N–H and O–H groups in total. The number of hydrogen-bond donors (Lipinski definition) is 1. The van der Waals surface area contributed by atoms with Crippen LogP contribution in [0.5, 0.6) is 11.5 Å². The first-order valence-electron chi connectivity index (χ1n) is 11.3. The third-order valence-electron chi connectivity index (χ3n) is 6.39. The Hall–Kier alpha value is -4.06. The second kappa shape index (κ2) is 9.06. The van der Waals surface area contributed by atoms with Crippen LogP contribution in [0, 0.1) is 6.92 Å². The summed E-state index contributed by atoms with van der Waals surface area (Å²) in [7, 11) is 3.25. The van der Waals surface area contributed by atoms with Crippen LogP contribution in [0.3, 0.4) is 0 Å². The molecule has 172 valence electrons. The molecule has 6 nitrogen and oxygen atoms in total. The first-order chi connectivity index (χ1) is 16.6. The minimum atomic E-state index is -0.209. The number of H-pyrrole nitrogens is 1. The third-order valence-corrected chi connectivity index (χ3v) is 6.39. The van der Waals surface area contributed by atoms with Crippen LogP contribution in [-0.4, -0.2) is 41.8 Å². The lowest BCUT2D eigenvalue weighted by Gasteiger charge is -2.26. The van der Waals surface area contributed by atoms with E-state index < -0.39 is 0 Å². The molecule has 2 heterocycles. The minimum Gasteiger partial charge on any atom is -0.493 e. The van der Waals surface area contributed by atoms with E-state index in [1.807, 2.05) is 41.3 Å². The number of nitrogens with zero attached hydrogens (tertiary/aromatic N) is 2. The smallest absolute Gasteiger partial charge is 0.273 e. The minimum absolute atomic E-state index is 0.0322. The van der Waals surface area contributed by atoms with Gasteiger partial charge >= 0.3 is 0 Å². The van der Waals surface area contributed by atoms with E-state index in [1.165, 1.54) is 5.56 Å². The Morgan fingerprint density at radius 3 is 2.38 bits per heavy atom. The van der Waals surface area contributed by atoms with E-state index in [-0.39, 0.29) is 11.9 Å². The fourth-order valence-electron chi connectivity index (χ4n) is 4.63. The van der Waals surface area contributed by atoms with Gasteiger partial charge in [-0.1, -0.05) is 66.2 Å². The molecule has 5 rings (SSSR count). The van der Waals surface area contributed by atoms with Crippen molar-refractivity contribution < 1.29 is 14.3 Å². The maximum atomic E-state index is 13.5. The fraction of sp³-hybridized carbons (Fsp3) is 0.214. The number of carbonyl (C=O) groups is 1. The molecule has 0 fully saturated rings. The van der Waals surface area contributed by atoms with Crippen molar-refractivity contribution >= 4 is 5.91 Å². The highest BCUT2D eigenvalue weighted by atomic mass is 16.5. The number of methoxy groups -OCH3 is 2. The van der Waals surface area contributed by atoms with Crippen LogP contribution >= 0.6 is 0 Å². The van der Waals surface area contributed by atoms with Crippen molar-refractivity contribution in [3.8, 4) is 22.8 Å². The van der Waals surface area contributed by atoms with Crippen molar-refractivity contribution in [1.82, 2.24) is 15.1 Å². The standard InChI is InChI=1S/C28H27N3O3/c1-18-9-12-20(13-10-18)25-24-26(30-29-25)28(32)31(27(24)21-7-5-4-6-8-21)16-15-19-11-14-22(33-2)23(17-19)34-3/h4-14,17,27H,15-16H2,1-3H3,(H,29,30). The number of aromatic amines is 1. The van der Waals surface area contributed by atoms with Gasteiger partial charge < -0.3 is 14.4 Å². The summed E-state index contributed by atoms with van der Waals surface area (Å²) in [6.45, 7) is 2.62. The lowest BCUT2D eigenvalue weighted by atomic mass is 9.95. The predicted molar refractivity (Wildman–Crippen MR) is 131 cm³/mol. The number of fused-ring (bicyclic) bond motifs is 1. The molecule has 0 saturated heterocycles. The molecule has 4 aromatic rings. The van der Waals surface area contributed by atoms with Crippen molar-refractivity contribution in [3.05, 3.63) is 101 Å². The lowest BCUT2D eigenvalue weighted by molar-refractivity contribution is 0.0746. The van der Waals surface area contributed by atoms with Crippen molar-refractivity contribution in [2.24, 2.45) is 0 Å². The number of aryl methyl sites for hydroxylation is 1. The van der Waals surface area contributed by atoms with Gasteiger partial charge in [-0.3, -0.25) is 9.89 Å². The summed E-state index contributed by atoms with van der Waals surface area (Å²) in [6.07, 6.45) is 0.687. The molecular weight excluding hydrogens is 426 g/mol. The highest BCUT2D eigenvalue weighted by Crippen LogP contribution is 2.42. The van der Waals surface area contributed by atoms with Gasteiger partial charge in [0.2, 0.25) is 0 Å². The van der Waals surface area contributed by atoms with Crippen LogP contribution in [0.15, 0.2) is 72.8 Å². The summed E-state index contributed by atoms with van der Waals surface area (Å²) >= 11 is 0. The summed E-state index contributed by atoms with van der Waals surface area (Å²) in [5.74, 6) is 1.34. The van der Waals surface area contributed by atoms with Gasteiger partial charge in [-0.25, -0.2) is 0 Å². The van der Waals surface area contributed by atoms with Gasteiger partial charge in [-0.15, -0.1) is 0 Å². The maximum absolute atomic E-state index is 13.5. The second-order valence-corrected chi connectivity index (χ2v) is 8.48. The highest BCUT2D eigenvalue weighted by molar-refractivity contribution is 6.00. The van der Waals surface area contributed by atoms with E-state index in [0.717, 1.165) is 27.9 Å². The molecule has 34 heavy (non-hydrogen) atoms. The number of rotatable bonds is 7. The molecule has 1 aromatic heterocycles. The van der Waals surface area contributed by atoms with Crippen molar-refractivity contribution in [2.75, 3.05) is 20.8 Å². The van der Waals surface area contributed by atoms with Gasteiger partial charge in [0.25, 0.3) is 5.91 Å². The zero-order chi connectivity index (χ0) is 23.7. The van der Waals surface area contributed by atoms with Gasteiger partial charge in [-0.05, 0) is 36.6 Å². The van der Waals surface area contributed by atoms with Gasteiger partial charge in [-0.2, -0.15) is 5.10 Å². The molecule has 0 saturated carbocycles. The Balaban J connectivity index is 1.51. The Labute approximate surface area is 199 Å². The number of nitrogens with one attached hydrogen (secondary N) is 1. The van der Waals surface area contributed by atoms with Crippen molar-refractivity contribution in [2.45, 2.75) is 19.4 Å². The molecule has 1 aliphatic rings. The number of hydrogen-bond acceptors (Lipinski definition) is 4. The first kappa shape index (κ1) is 21.8. The number of benzene rings is 3. The molecule has 1 unspecified atom stereocenters. The summed E-state index contributed by atoms with van der Waals surface area (Å²) in [4.78, 5) is 15.5. The van der Waals surface area contributed by atoms with Gasteiger partial charge in [0.1, 0.15) is 5.69 Å². The van der Waals surface area contributed by atoms with E-state index in [1.54, 1.807) is 14.2 Å². The molecule has 0 spiro atoms. The normalized spacial score (nSPS) is 14.9. The molecule has 0 radical (unpaired) electrons. The summed E-state index contributed by atoms with van der Waals surface area (Å²) in [6, 6.07) is 24.1. The largest absolute Gasteiger partial charge is 0.493 e. The molecule has 0 aliphatic carbocycles. The van der Waals surface area contributed by atoms with E-state index in [2.05, 4.69) is 53.5 Å². The molecule has 0 bridgehead atoms. The highest BCUT2D eigenvalue weighted by Gasteiger charge is 2.41. The molecule has 6 heteroatoms. The Morgan fingerprint density at radius 1 is 0.941 bits per heavy atom. The van der Waals surface area contributed by atoms with Gasteiger partial charge in [0.05, 0.1) is 26.0 Å². The zero-order valence-electron chi connectivity index (χ0n) is 19.5. The summed E-state index contributed by atoms with van der Waals surface area (Å²) in [5.41, 5.74) is 6.65. The number of ether oxygens (including phenoxy) is 2. The van der Waals surface area contributed by atoms with Gasteiger partial charge in [0.15, 0.2) is 11.5 Å². The van der Waals surface area contributed by atoms with Crippen molar-refractivity contribution in [1.29, 1.82) is 0 Å². The average molecular weight is 454 g/mol. The Bertz CT molecular complexity index is 1310. The van der Waals surface area contributed by atoms with Crippen LogP contribution in [0.2, 0.25) is 0 Å². The third kappa shape index (κ3) is 3.81. The molecule has 1 aliphatic heterocycles. The van der Waals surface area contributed by atoms with E-state index in [9.17, 15) is 4.79 Å². The van der Waals surface area contributed by atoms with Gasteiger partial charge in [0, 0.05) is 17.7 Å². The van der Waals surface area contributed by atoms with E-state index >= 15 is 0 Å². The fourth-order valence-corrected chi connectivity index (χ4v) is 4.63. The van der Waals surface area contributed by atoms with Crippen LogP contribution in [-0.2, 0) is 6.42 Å². The summed E-state index contributed by atoms with van der Waals surface area (Å²) < 4.78 is 10.8. The Morgan fingerprint density at radius 2 is 1.68 bits per heavy atom. The van der Waals surface area contributed by atoms with E-state index in [0.29, 0.717) is 30.2 Å². The predicted octanol–water partition coefficient (Wildman–Crippen LogP) is 5.19. The summed E-state index contributed by atoms with van der Waals surface area (Å²) in [5, 5.41) is 7.59. The van der Waals surface area contributed by atoms with Crippen molar-refractivity contribution in [3.63, 3.8) is 0 Å². The quantitative estimate of drug-likeness (QED) is 0.418. The zero-order valence-corrected chi connectivity index (χ0v) is 19.5. The van der Waals surface area contributed by atoms with Crippen LogP contribution < -0.4 is 9.47 Å². The first-order valence-corrected chi connectivity index (χ1v) is 11.3. The molecule has 1 amide bonds. The van der Waals surface area contributed by atoms with Crippen LogP contribution in [0.25, 0.3) is 11.3 Å².